The minimum atomic E-state index is -0.118. The molecule has 1 aliphatic carbocycles. The SMILES string of the molecule is Cc1occc1C(=O)NC1CC(C)(C)Cc2nc(N3CCOCC3)ncc21. The topological polar surface area (TPSA) is 80.5 Å². The van der Waals surface area contributed by atoms with Crippen molar-refractivity contribution in [1.82, 2.24) is 15.3 Å². The molecule has 2 aromatic rings. The second kappa shape index (κ2) is 6.96. The van der Waals surface area contributed by atoms with Crippen molar-refractivity contribution < 1.29 is 13.9 Å². The molecule has 4 rings (SSSR count). The zero-order valence-electron chi connectivity index (χ0n) is 16.1. The first-order valence-corrected chi connectivity index (χ1v) is 9.46. The van der Waals surface area contributed by atoms with Crippen LogP contribution in [0.4, 0.5) is 5.95 Å². The first-order valence-electron chi connectivity index (χ1n) is 9.46. The Balaban J connectivity index is 1.61. The number of ether oxygens (including phenoxy) is 1. The van der Waals surface area contributed by atoms with Gasteiger partial charge in [-0.25, -0.2) is 9.97 Å². The van der Waals surface area contributed by atoms with Crippen LogP contribution in [-0.2, 0) is 11.2 Å². The van der Waals surface area contributed by atoms with Gasteiger partial charge in [-0.3, -0.25) is 4.79 Å². The summed E-state index contributed by atoms with van der Waals surface area (Å²) in [5.41, 5.74) is 2.66. The van der Waals surface area contributed by atoms with Crippen molar-refractivity contribution in [2.45, 2.75) is 39.7 Å². The van der Waals surface area contributed by atoms with Gasteiger partial charge in [0, 0.05) is 24.8 Å². The summed E-state index contributed by atoms with van der Waals surface area (Å²) in [6.45, 7) is 9.25. The second-order valence-electron chi connectivity index (χ2n) is 8.13. The van der Waals surface area contributed by atoms with E-state index in [0.29, 0.717) is 24.5 Å². The molecule has 0 spiro atoms. The lowest BCUT2D eigenvalue weighted by Gasteiger charge is -2.37. The van der Waals surface area contributed by atoms with E-state index in [1.807, 2.05) is 6.20 Å². The minimum Gasteiger partial charge on any atom is -0.469 e. The molecule has 7 nitrogen and oxygen atoms in total. The minimum absolute atomic E-state index is 0.0486. The maximum absolute atomic E-state index is 12.7. The van der Waals surface area contributed by atoms with E-state index in [9.17, 15) is 4.79 Å². The lowest BCUT2D eigenvalue weighted by molar-refractivity contribution is 0.0917. The normalized spacial score (nSPS) is 21.6. The van der Waals surface area contributed by atoms with Crippen LogP contribution in [0.15, 0.2) is 22.9 Å². The Hall–Kier alpha value is -2.41. The number of nitrogens with zero attached hydrogens (tertiary/aromatic N) is 3. The number of nitrogens with one attached hydrogen (secondary N) is 1. The van der Waals surface area contributed by atoms with Gasteiger partial charge in [0.15, 0.2) is 0 Å². The number of rotatable bonds is 3. The number of morpholine rings is 1. The highest BCUT2D eigenvalue weighted by Gasteiger charge is 2.35. The van der Waals surface area contributed by atoms with E-state index in [-0.39, 0.29) is 17.4 Å². The fourth-order valence-electron chi connectivity index (χ4n) is 3.94. The highest BCUT2D eigenvalue weighted by molar-refractivity contribution is 5.95. The van der Waals surface area contributed by atoms with Crippen LogP contribution in [0.5, 0.6) is 0 Å². The number of hydrogen-bond donors (Lipinski definition) is 1. The Bertz CT molecular complexity index is 840. The maximum atomic E-state index is 12.7. The highest BCUT2D eigenvalue weighted by Crippen LogP contribution is 2.40. The van der Waals surface area contributed by atoms with E-state index in [4.69, 9.17) is 14.1 Å². The van der Waals surface area contributed by atoms with Crippen LogP contribution >= 0.6 is 0 Å². The summed E-state index contributed by atoms with van der Waals surface area (Å²) < 4.78 is 10.7. The van der Waals surface area contributed by atoms with Gasteiger partial charge in [-0.15, -0.1) is 0 Å². The number of hydrogen-bond acceptors (Lipinski definition) is 6. The quantitative estimate of drug-likeness (QED) is 0.895. The standard InChI is InChI=1S/C20H26N4O3/c1-13-14(4-7-27-13)18(25)22-16-10-20(2,3)11-17-15(16)12-21-19(23-17)24-5-8-26-9-6-24/h4,7,12,16H,5-6,8-11H2,1-3H3,(H,22,25). The van der Waals surface area contributed by atoms with E-state index in [1.54, 1.807) is 19.3 Å². The molecule has 1 aliphatic heterocycles. The zero-order chi connectivity index (χ0) is 19.0. The molecule has 0 bridgehead atoms. The highest BCUT2D eigenvalue weighted by atomic mass is 16.5. The van der Waals surface area contributed by atoms with Gasteiger partial charge in [0.2, 0.25) is 5.95 Å². The van der Waals surface area contributed by atoms with Crippen LogP contribution in [0.3, 0.4) is 0 Å². The molecule has 1 N–H and O–H groups in total. The molecule has 3 heterocycles. The third-order valence-corrected chi connectivity index (χ3v) is 5.37. The molecule has 144 valence electrons. The van der Waals surface area contributed by atoms with Crippen LogP contribution in [0.2, 0.25) is 0 Å². The number of carbonyl (C=O) groups excluding carboxylic acids is 1. The zero-order valence-corrected chi connectivity index (χ0v) is 16.1. The summed E-state index contributed by atoms with van der Waals surface area (Å²) in [7, 11) is 0. The van der Waals surface area contributed by atoms with E-state index in [1.165, 1.54) is 0 Å². The average Bonchev–Trinajstić information content (AvgIpc) is 3.07. The summed E-state index contributed by atoms with van der Waals surface area (Å²) in [5.74, 6) is 1.26. The smallest absolute Gasteiger partial charge is 0.255 e. The monoisotopic (exact) mass is 370 g/mol. The molecule has 7 heteroatoms. The molecular weight excluding hydrogens is 344 g/mol. The molecule has 0 radical (unpaired) electrons. The van der Waals surface area contributed by atoms with Gasteiger partial charge >= 0.3 is 0 Å². The Morgan fingerprint density at radius 1 is 1.33 bits per heavy atom. The molecule has 1 unspecified atom stereocenters. The van der Waals surface area contributed by atoms with Crippen molar-refractivity contribution >= 4 is 11.9 Å². The van der Waals surface area contributed by atoms with Crippen LogP contribution in [0, 0.1) is 12.3 Å². The van der Waals surface area contributed by atoms with Crippen molar-refractivity contribution in [1.29, 1.82) is 0 Å². The molecule has 1 amide bonds. The Morgan fingerprint density at radius 2 is 2.11 bits per heavy atom. The summed E-state index contributed by atoms with van der Waals surface area (Å²) >= 11 is 0. The van der Waals surface area contributed by atoms with E-state index >= 15 is 0 Å². The number of fused-ring (bicyclic) bond motifs is 1. The average molecular weight is 370 g/mol. The van der Waals surface area contributed by atoms with Gasteiger partial charge in [0.05, 0.1) is 36.8 Å². The van der Waals surface area contributed by atoms with Crippen LogP contribution in [0.25, 0.3) is 0 Å². The number of aryl methyl sites for hydroxylation is 1. The molecule has 0 saturated carbocycles. The Kier molecular flexibility index (Phi) is 4.63. The van der Waals surface area contributed by atoms with Crippen LogP contribution in [-0.4, -0.2) is 42.2 Å². The summed E-state index contributed by atoms with van der Waals surface area (Å²) in [6.07, 6.45) is 5.15. The first-order chi connectivity index (χ1) is 12.9. The predicted octanol–water partition coefficient (Wildman–Crippen LogP) is 2.66. The first kappa shape index (κ1) is 18.0. The molecule has 2 aliphatic rings. The van der Waals surface area contributed by atoms with Crippen molar-refractivity contribution in [3.05, 3.63) is 41.1 Å². The second-order valence-corrected chi connectivity index (χ2v) is 8.13. The van der Waals surface area contributed by atoms with Crippen molar-refractivity contribution in [3.8, 4) is 0 Å². The predicted molar refractivity (Wildman–Crippen MR) is 101 cm³/mol. The molecule has 2 aromatic heterocycles. The number of aromatic nitrogens is 2. The lowest BCUT2D eigenvalue weighted by Crippen LogP contribution is -2.39. The third-order valence-electron chi connectivity index (χ3n) is 5.37. The number of amides is 1. The Labute approximate surface area is 159 Å². The van der Waals surface area contributed by atoms with Gasteiger partial charge in [0.1, 0.15) is 5.76 Å². The van der Waals surface area contributed by atoms with Crippen molar-refractivity contribution in [2.75, 3.05) is 31.2 Å². The van der Waals surface area contributed by atoms with E-state index in [2.05, 4.69) is 29.0 Å². The van der Waals surface area contributed by atoms with E-state index in [0.717, 1.165) is 43.1 Å². The number of anilines is 1. The molecule has 1 saturated heterocycles. The lowest BCUT2D eigenvalue weighted by atomic mass is 9.74. The maximum Gasteiger partial charge on any atom is 0.255 e. The van der Waals surface area contributed by atoms with E-state index < -0.39 is 0 Å². The molecule has 0 aromatic carbocycles. The molecule has 1 atom stereocenters. The fourth-order valence-corrected chi connectivity index (χ4v) is 3.94. The fraction of sp³-hybridized carbons (Fsp3) is 0.550. The summed E-state index contributed by atoms with van der Waals surface area (Å²) in [5, 5.41) is 3.16. The largest absolute Gasteiger partial charge is 0.469 e. The molecule has 1 fully saturated rings. The van der Waals surface area contributed by atoms with Gasteiger partial charge in [-0.1, -0.05) is 13.8 Å². The van der Waals surface area contributed by atoms with Crippen LogP contribution < -0.4 is 10.2 Å². The van der Waals surface area contributed by atoms with Gasteiger partial charge in [-0.05, 0) is 31.2 Å². The van der Waals surface area contributed by atoms with Crippen molar-refractivity contribution in [3.63, 3.8) is 0 Å². The molecule has 27 heavy (non-hydrogen) atoms. The molecular formula is C20H26N4O3. The summed E-state index contributed by atoms with van der Waals surface area (Å²) in [4.78, 5) is 24.3. The number of furan rings is 1. The third kappa shape index (κ3) is 3.69. The van der Waals surface area contributed by atoms with Gasteiger partial charge in [0.25, 0.3) is 5.91 Å². The van der Waals surface area contributed by atoms with Gasteiger partial charge in [-0.2, -0.15) is 0 Å². The Morgan fingerprint density at radius 3 is 2.81 bits per heavy atom. The number of carbonyl (C=O) groups is 1. The summed E-state index contributed by atoms with van der Waals surface area (Å²) in [6, 6.07) is 1.60. The van der Waals surface area contributed by atoms with Crippen LogP contribution in [0.1, 0.15) is 53.7 Å². The van der Waals surface area contributed by atoms with Gasteiger partial charge < -0.3 is 19.4 Å². The van der Waals surface area contributed by atoms with Crippen molar-refractivity contribution in [2.24, 2.45) is 5.41 Å².